The molecule has 0 bridgehead atoms. The average molecular weight is 327 g/mol. The number of nitrogens with zero attached hydrogens (tertiary/aromatic N) is 2. The van der Waals surface area contributed by atoms with Crippen LogP contribution in [0.4, 0.5) is 4.79 Å². The Kier molecular flexibility index (Phi) is 5.64. The van der Waals surface area contributed by atoms with Crippen molar-refractivity contribution in [2.75, 3.05) is 13.1 Å². The van der Waals surface area contributed by atoms with Gasteiger partial charge in [-0.1, -0.05) is 17.7 Å². The summed E-state index contributed by atoms with van der Waals surface area (Å²) in [6.07, 6.45) is 3.32. The van der Waals surface area contributed by atoms with Crippen LogP contribution >= 0.6 is 11.6 Å². The smallest absolute Gasteiger partial charge is 0.410 e. The first-order valence-electron chi connectivity index (χ1n) is 7.53. The summed E-state index contributed by atoms with van der Waals surface area (Å²) >= 11 is 5.76. The zero-order chi connectivity index (χ0) is 16.2. The highest BCUT2D eigenvalue weighted by molar-refractivity contribution is 6.29. The second-order valence-corrected chi connectivity index (χ2v) is 6.88. The van der Waals surface area contributed by atoms with Crippen molar-refractivity contribution in [3.05, 3.63) is 29.0 Å². The van der Waals surface area contributed by atoms with Crippen LogP contribution in [-0.2, 0) is 16.1 Å². The molecule has 5 nitrogen and oxygen atoms in total. The Labute approximate surface area is 136 Å². The molecule has 1 saturated heterocycles. The number of ether oxygens (including phenoxy) is 2. The molecule has 2 heterocycles. The molecule has 0 aliphatic carbocycles. The predicted molar refractivity (Wildman–Crippen MR) is 84.9 cm³/mol. The van der Waals surface area contributed by atoms with Gasteiger partial charge in [-0.3, -0.25) is 0 Å². The standard InChI is InChI=1S/C16H23ClN2O3/c1-16(2,3)22-15(20)19-8-4-5-13(10-19)21-11-12-6-7-14(17)18-9-12/h6-7,9,13H,4-5,8,10-11H2,1-3H3/t13-/m0/s1. The van der Waals surface area contributed by atoms with Crippen LogP contribution in [0.5, 0.6) is 0 Å². The van der Waals surface area contributed by atoms with Gasteiger partial charge in [0.25, 0.3) is 0 Å². The molecule has 1 aliphatic rings. The summed E-state index contributed by atoms with van der Waals surface area (Å²) in [5.41, 5.74) is 0.499. The number of amides is 1. The molecule has 0 radical (unpaired) electrons. The third kappa shape index (κ3) is 5.46. The molecule has 1 fully saturated rings. The Bertz CT molecular complexity index is 499. The maximum Gasteiger partial charge on any atom is 0.410 e. The van der Waals surface area contributed by atoms with Gasteiger partial charge in [-0.15, -0.1) is 0 Å². The van der Waals surface area contributed by atoms with Crippen LogP contribution < -0.4 is 0 Å². The van der Waals surface area contributed by atoms with Crippen LogP contribution in [-0.4, -0.2) is 40.8 Å². The molecule has 0 unspecified atom stereocenters. The van der Waals surface area contributed by atoms with E-state index < -0.39 is 5.60 Å². The summed E-state index contributed by atoms with van der Waals surface area (Å²) < 4.78 is 11.3. The molecule has 2 rings (SSSR count). The van der Waals surface area contributed by atoms with Gasteiger partial charge in [0.15, 0.2) is 0 Å². The molecule has 0 N–H and O–H groups in total. The van der Waals surface area contributed by atoms with E-state index in [0.29, 0.717) is 18.3 Å². The first-order chi connectivity index (χ1) is 10.3. The van der Waals surface area contributed by atoms with Crippen molar-refractivity contribution in [3.8, 4) is 0 Å². The summed E-state index contributed by atoms with van der Waals surface area (Å²) in [6, 6.07) is 3.64. The van der Waals surface area contributed by atoms with Crippen LogP contribution in [0.15, 0.2) is 18.3 Å². The summed E-state index contributed by atoms with van der Waals surface area (Å²) in [6.45, 7) is 7.37. The fraction of sp³-hybridized carbons (Fsp3) is 0.625. The Morgan fingerprint density at radius 1 is 1.45 bits per heavy atom. The third-order valence-electron chi connectivity index (χ3n) is 3.30. The molecule has 1 aliphatic heterocycles. The van der Waals surface area contributed by atoms with E-state index in [9.17, 15) is 4.79 Å². The molecule has 0 aromatic carbocycles. The van der Waals surface area contributed by atoms with Gasteiger partial charge < -0.3 is 14.4 Å². The molecule has 1 aromatic heterocycles. The Morgan fingerprint density at radius 3 is 2.86 bits per heavy atom. The average Bonchev–Trinajstić information content (AvgIpc) is 2.45. The van der Waals surface area contributed by atoms with Gasteiger partial charge in [0, 0.05) is 12.7 Å². The predicted octanol–water partition coefficient (Wildman–Crippen LogP) is 3.65. The number of hydrogen-bond acceptors (Lipinski definition) is 4. The van der Waals surface area contributed by atoms with Gasteiger partial charge in [0.05, 0.1) is 19.3 Å². The quantitative estimate of drug-likeness (QED) is 0.796. The fourth-order valence-electron chi connectivity index (χ4n) is 2.27. The van der Waals surface area contributed by atoms with Crippen LogP contribution in [0.2, 0.25) is 5.15 Å². The van der Waals surface area contributed by atoms with E-state index in [2.05, 4.69) is 4.98 Å². The zero-order valence-electron chi connectivity index (χ0n) is 13.3. The molecule has 22 heavy (non-hydrogen) atoms. The highest BCUT2D eigenvalue weighted by atomic mass is 35.5. The lowest BCUT2D eigenvalue weighted by Crippen LogP contribution is -2.45. The molecule has 122 valence electrons. The van der Waals surface area contributed by atoms with Crippen molar-refractivity contribution in [1.82, 2.24) is 9.88 Å². The molecule has 1 amide bonds. The molecule has 1 aromatic rings. The summed E-state index contributed by atoms with van der Waals surface area (Å²) in [5.74, 6) is 0. The number of hydrogen-bond donors (Lipinski definition) is 0. The van der Waals surface area contributed by atoms with Crippen LogP contribution in [0, 0.1) is 0 Å². The Hall–Kier alpha value is -1.33. The Balaban J connectivity index is 1.82. The second kappa shape index (κ2) is 7.29. The number of rotatable bonds is 3. The van der Waals surface area contributed by atoms with E-state index in [1.54, 1.807) is 17.2 Å². The highest BCUT2D eigenvalue weighted by Crippen LogP contribution is 2.18. The molecule has 1 atom stereocenters. The highest BCUT2D eigenvalue weighted by Gasteiger charge is 2.27. The van der Waals surface area contributed by atoms with E-state index in [4.69, 9.17) is 21.1 Å². The second-order valence-electron chi connectivity index (χ2n) is 6.49. The van der Waals surface area contributed by atoms with Gasteiger partial charge in [-0.2, -0.15) is 0 Å². The van der Waals surface area contributed by atoms with Gasteiger partial charge >= 0.3 is 6.09 Å². The van der Waals surface area contributed by atoms with Crippen molar-refractivity contribution >= 4 is 17.7 Å². The van der Waals surface area contributed by atoms with E-state index in [1.165, 1.54) is 0 Å². The van der Waals surface area contributed by atoms with E-state index >= 15 is 0 Å². The van der Waals surface area contributed by atoms with Crippen LogP contribution in [0.25, 0.3) is 0 Å². The number of carbonyl (C=O) groups excluding carboxylic acids is 1. The van der Waals surface area contributed by atoms with Gasteiger partial charge in [0.1, 0.15) is 10.8 Å². The van der Waals surface area contributed by atoms with Crippen LogP contribution in [0.3, 0.4) is 0 Å². The lowest BCUT2D eigenvalue weighted by molar-refractivity contribution is -0.0259. The number of aromatic nitrogens is 1. The normalized spacial score (nSPS) is 19.1. The molecular formula is C16H23ClN2O3. The molecule has 6 heteroatoms. The number of carbonyl (C=O) groups is 1. The largest absolute Gasteiger partial charge is 0.444 e. The van der Waals surface area contributed by atoms with Crippen molar-refractivity contribution in [3.63, 3.8) is 0 Å². The number of halogens is 1. The minimum absolute atomic E-state index is 0.0250. The van der Waals surface area contributed by atoms with Gasteiger partial charge in [-0.25, -0.2) is 9.78 Å². The zero-order valence-corrected chi connectivity index (χ0v) is 14.1. The van der Waals surface area contributed by atoms with E-state index in [1.807, 2.05) is 26.8 Å². The molecule has 0 spiro atoms. The minimum atomic E-state index is -0.472. The first-order valence-corrected chi connectivity index (χ1v) is 7.91. The van der Waals surface area contributed by atoms with Crippen molar-refractivity contribution < 1.29 is 14.3 Å². The SMILES string of the molecule is CC(C)(C)OC(=O)N1CCC[C@H](OCc2ccc(Cl)nc2)C1. The number of likely N-dealkylation sites (tertiary alicyclic amines) is 1. The lowest BCUT2D eigenvalue weighted by atomic mass is 10.1. The van der Waals surface area contributed by atoms with Gasteiger partial charge in [0.2, 0.25) is 0 Å². The monoisotopic (exact) mass is 326 g/mol. The first kappa shape index (κ1) is 17.0. The molecular weight excluding hydrogens is 304 g/mol. The maximum absolute atomic E-state index is 12.1. The van der Waals surface area contributed by atoms with E-state index in [-0.39, 0.29) is 12.2 Å². The molecule has 0 saturated carbocycles. The minimum Gasteiger partial charge on any atom is -0.444 e. The van der Waals surface area contributed by atoms with E-state index in [0.717, 1.165) is 24.9 Å². The summed E-state index contributed by atoms with van der Waals surface area (Å²) in [4.78, 5) is 17.8. The summed E-state index contributed by atoms with van der Waals surface area (Å²) in [7, 11) is 0. The van der Waals surface area contributed by atoms with Gasteiger partial charge in [-0.05, 0) is 45.2 Å². The fourth-order valence-corrected chi connectivity index (χ4v) is 2.38. The Morgan fingerprint density at radius 2 is 2.23 bits per heavy atom. The maximum atomic E-state index is 12.1. The summed E-state index contributed by atoms with van der Waals surface area (Å²) in [5, 5.41) is 0.470. The third-order valence-corrected chi connectivity index (χ3v) is 3.53. The topological polar surface area (TPSA) is 51.7 Å². The van der Waals surface area contributed by atoms with Crippen molar-refractivity contribution in [2.45, 2.75) is 51.9 Å². The van der Waals surface area contributed by atoms with Crippen LogP contribution in [0.1, 0.15) is 39.2 Å². The number of pyridine rings is 1. The lowest BCUT2D eigenvalue weighted by Gasteiger charge is -2.34. The number of piperidine rings is 1. The van der Waals surface area contributed by atoms with Crippen molar-refractivity contribution in [1.29, 1.82) is 0 Å². The van der Waals surface area contributed by atoms with Crippen molar-refractivity contribution in [2.24, 2.45) is 0 Å².